The highest BCUT2D eigenvalue weighted by atomic mass is 32.1. The summed E-state index contributed by atoms with van der Waals surface area (Å²) in [6.07, 6.45) is 11.4. The van der Waals surface area contributed by atoms with Gasteiger partial charge in [-0.3, -0.25) is 4.79 Å². The molecule has 0 radical (unpaired) electrons. The third-order valence-electron chi connectivity index (χ3n) is 7.58. The number of rotatable bonds is 9. The maximum Gasteiger partial charge on any atom is 0.206 e. The van der Waals surface area contributed by atoms with Gasteiger partial charge in [-0.2, -0.15) is 0 Å². The molecule has 4 heterocycles. The van der Waals surface area contributed by atoms with E-state index < -0.39 is 20.5 Å². The topological polar surface area (TPSA) is 149 Å². The number of amides is 1. The van der Waals surface area contributed by atoms with Crippen LogP contribution in [-0.2, 0) is 14.4 Å². The summed E-state index contributed by atoms with van der Waals surface area (Å²) in [4.78, 5) is 54.2. The molecule has 2 fully saturated rings. The number of carbonyl (C=O) groups excluding carboxylic acids is 3. The molecule has 1 aromatic carbocycles. The van der Waals surface area contributed by atoms with Crippen molar-refractivity contribution >= 4 is 55.1 Å². The van der Waals surface area contributed by atoms with Gasteiger partial charge in [-0.15, -0.1) is 11.3 Å². The highest BCUT2D eigenvalue weighted by Gasteiger charge is 2.23. The molecule has 0 saturated carbocycles. The Morgan fingerprint density at radius 1 is 1.12 bits per heavy atom. The van der Waals surface area contributed by atoms with Crippen molar-refractivity contribution in [3.63, 3.8) is 0 Å². The zero-order valence-corrected chi connectivity index (χ0v) is 31.3. The standard InChI is InChI=1S/C11H21NO.C10H13FN2.C10H10FO2PS.C2H7N.CH3NO.CH2O/c1-12-9-6-8-11(12)7-4-2-3-5-10-13;1-8-3-2-5-12-10(8)13-6-4-9(11)7-13;1-6-4-8-5-7(10(11)14(12)13)2-3-9(8)15-6;1-3-2;2-1-3;1-2/h10-11H,2-9H2,1H3;2-3,5,9H,4,6-7H2,1H3;2-5,10,12-13H,1H3;3H,1-2H3;1H,(H2,2,3);1H2. The van der Waals surface area contributed by atoms with E-state index in [0.717, 1.165) is 58.1 Å². The highest BCUT2D eigenvalue weighted by molar-refractivity contribution is 7.45. The van der Waals surface area contributed by atoms with Gasteiger partial charge < -0.3 is 40.2 Å². The number of nitrogens with zero attached hydrogens (tertiary/aromatic N) is 3. The Bertz CT molecular complexity index is 1310. The van der Waals surface area contributed by atoms with Gasteiger partial charge in [0, 0.05) is 34.8 Å². The van der Waals surface area contributed by atoms with Crippen molar-refractivity contribution in [1.29, 1.82) is 0 Å². The number of aromatic nitrogens is 1. The number of aryl methyl sites for hydroxylation is 2. The van der Waals surface area contributed by atoms with Crippen LogP contribution in [-0.4, -0.2) is 92.1 Å². The second-order valence-electron chi connectivity index (χ2n) is 11.5. The van der Waals surface area contributed by atoms with E-state index in [0.29, 0.717) is 18.5 Å². The number of anilines is 1. The van der Waals surface area contributed by atoms with E-state index in [1.54, 1.807) is 29.7 Å². The first kappa shape index (κ1) is 46.1. The lowest BCUT2D eigenvalue weighted by molar-refractivity contribution is -0.108. The smallest absolute Gasteiger partial charge is 0.206 e. The Hall–Kier alpha value is -2.93. The fourth-order valence-corrected chi connectivity index (χ4v) is 6.65. The number of aldehydes is 1. The molecule has 0 aliphatic carbocycles. The third-order valence-corrected chi connectivity index (χ3v) is 9.32. The van der Waals surface area contributed by atoms with E-state index in [2.05, 4.69) is 28.0 Å². The number of benzene rings is 1. The van der Waals surface area contributed by atoms with Crippen LogP contribution in [0.15, 0.2) is 42.6 Å². The van der Waals surface area contributed by atoms with Crippen LogP contribution in [0.1, 0.15) is 73.3 Å². The molecule has 5 rings (SSSR count). The van der Waals surface area contributed by atoms with Crippen LogP contribution >= 0.6 is 19.7 Å². The van der Waals surface area contributed by atoms with Gasteiger partial charge >= 0.3 is 0 Å². The molecule has 276 valence electrons. The van der Waals surface area contributed by atoms with E-state index in [1.807, 2.05) is 63.9 Å². The predicted molar refractivity (Wildman–Crippen MR) is 200 cm³/mol. The number of fused-ring (bicyclic) bond motifs is 1. The van der Waals surface area contributed by atoms with Gasteiger partial charge in [-0.25, -0.2) is 13.8 Å². The van der Waals surface area contributed by atoms with Crippen LogP contribution in [0.25, 0.3) is 10.1 Å². The average Bonchev–Trinajstić information content (AvgIpc) is 3.81. The largest absolute Gasteiger partial charge is 0.372 e. The molecule has 10 nitrogen and oxygen atoms in total. The van der Waals surface area contributed by atoms with Crippen molar-refractivity contribution in [3.8, 4) is 0 Å². The molecular formula is C35H56F2N5O5PS. The number of nitrogens with two attached hydrogens (primary N) is 1. The summed E-state index contributed by atoms with van der Waals surface area (Å²) in [5.41, 5.74) is 5.62. The zero-order chi connectivity index (χ0) is 37.2. The SMILES string of the molecule is C=O.CN1CCCC1CCCCCC=O.CNC.Cc1cc2cc(C(F)P(O)O)ccc2s1.Cc1cccnc1N1CCC(F)C1.NC=O. The molecule has 49 heavy (non-hydrogen) atoms. The van der Waals surface area contributed by atoms with Crippen molar-refractivity contribution in [3.05, 3.63) is 58.6 Å². The first-order valence-corrected chi connectivity index (χ1v) is 18.4. The quantitative estimate of drug-likeness (QED) is 0.112. The predicted octanol–water partition coefficient (Wildman–Crippen LogP) is 6.39. The molecule has 2 aromatic heterocycles. The monoisotopic (exact) mass is 727 g/mol. The number of thiophene rings is 1. The Morgan fingerprint density at radius 2 is 1.80 bits per heavy atom. The maximum absolute atomic E-state index is 13.3. The number of nitrogens with one attached hydrogen (secondary N) is 1. The molecule has 2 aliphatic heterocycles. The third kappa shape index (κ3) is 18.6. The van der Waals surface area contributed by atoms with Crippen molar-refractivity contribution in [2.45, 2.75) is 83.3 Å². The van der Waals surface area contributed by atoms with E-state index in [-0.39, 0.29) is 6.41 Å². The molecule has 5 N–H and O–H groups in total. The number of alkyl halides is 2. The van der Waals surface area contributed by atoms with Crippen LogP contribution in [0.3, 0.4) is 0 Å². The number of halogens is 2. The lowest BCUT2D eigenvalue weighted by Crippen LogP contribution is -2.24. The van der Waals surface area contributed by atoms with Crippen LogP contribution in [0.5, 0.6) is 0 Å². The highest BCUT2D eigenvalue weighted by Crippen LogP contribution is 2.45. The Morgan fingerprint density at radius 3 is 2.33 bits per heavy atom. The number of hydrogen-bond donors (Lipinski definition) is 4. The van der Waals surface area contributed by atoms with E-state index in [9.17, 15) is 13.6 Å². The first-order chi connectivity index (χ1) is 23.5. The van der Waals surface area contributed by atoms with E-state index >= 15 is 0 Å². The minimum atomic E-state index is -2.55. The number of pyridine rings is 1. The lowest BCUT2D eigenvalue weighted by Gasteiger charge is -2.18. The second kappa shape index (κ2) is 27.8. The summed E-state index contributed by atoms with van der Waals surface area (Å²) in [5, 5.41) is 3.70. The molecule has 0 spiro atoms. The van der Waals surface area contributed by atoms with Crippen LogP contribution < -0.4 is 16.0 Å². The normalized spacial score (nSPS) is 17.1. The molecule has 0 bridgehead atoms. The van der Waals surface area contributed by atoms with Gasteiger partial charge in [0.25, 0.3) is 0 Å². The Balaban J connectivity index is 0.000000638. The van der Waals surface area contributed by atoms with Gasteiger partial charge in [0.2, 0.25) is 14.8 Å². The average molecular weight is 728 g/mol. The molecule has 1 amide bonds. The molecular weight excluding hydrogens is 671 g/mol. The summed E-state index contributed by atoms with van der Waals surface area (Å²) in [5.74, 6) is -0.743. The van der Waals surface area contributed by atoms with Crippen molar-refractivity contribution < 1.29 is 33.0 Å². The van der Waals surface area contributed by atoms with Crippen molar-refractivity contribution in [1.82, 2.24) is 15.2 Å². The fraction of sp³-hybridized carbons (Fsp3) is 0.543. The maximum atomic E-state index is 13.3. The van der Waals surface area contributed by atoms with E-state index in [4.69, 9.17) is 19.4 Å². The second-order valence-corrected chi connectivity index (χ2v) is 13.9. The minimum absolute atomic E-state index is 0.250. The number of hydrogen-bond acceptors (Lipinski definition) is 10. The summed E-state index contributed by atoms with van der Waals surface area (Å²) in [6, 6.07) is 11.8. The van der Waals surface area contributed by atoms with Crippen molar-refractivity contribution in [2.24, 2.45) is 5.73 Å². The summed E-state index contributed by atoms with van der Waals surface area (Å²) in [7, 11) is 3.43. The Labute approximate surface area is 296 Å². The first-order valence-electron chi connectivity index (χ1n) is 16.3. The van der Waals surface area contributed by atoms with Gasteiger partial charge in [0.05, 0.1) is 6.54 Å². The van der Waals surface area contributed by atoms with Crippen molar-refractivity contribution in [2.75, 3.05) is 45.7 Å². The lowest BCUT2D eigenvalue weighted by atomic mass is 10.1. The minimum Gasteiger partial charge on any atom is -0.372 e. The number of unbranched alkanes of at least 4 members (excludes halogenated alkanes) is 3. The number of carbonyl (C=O) groups is 3. The van der Waals surface area contributed by atoms with Gasteiger partial charge in [-0.1, -0.05) is 25.0 Å². The molecule has 2 aliphatic rings. The number of likely N-dealkylation sites (tertiary alicyclic amines) is 1. The number of primary amides is 1. The zero-order valence-electron chi connectivity index (χ0n) is 29.6. The Kier molecular flexibility index (Phi) is 26.2. The molecule has 14 heteroatoms. The van der Waals surface area contributed by atoms with Gasteiger partial charge in [0.1, 0.15) is 25.1 Å². The molecule has 3 atom stereocenters. The van der Waals surface area contributed by atoms with Crippen LogP contribution in [0.4, 0.5) is 14.6 Å². The summed E-state index contributed by atoms with van der Waals surface area (Å²) in [6.45, 7) is 8.56. The van der Waals surface area contributed by atoms with Gasteiger partial charge in [-0.05, 0) is 114 Å². The van der Waals surface area contributed by atoms with Crippen LogP contribution in [0.2, 0.25) is 0 Å². The summed E-state index contributed by atoms with van der Waals surface area (Å²) < 4.78 is 27.3. The molecule has 3 unspecified atom stereocenters. The molecule has 3 aromatic rings. The van der Waals surface area contributed by atoms with E-state index in [1.165, 1.54) is 38.6 Å². The van der Waals surface area contributed by atoms with Gasteiger partial charge in [0.15, 0.2) is 5.91 Å². The molecule has 2 saturated heterocycles. The van der Waals surface area contributed by atoms with Crippen LogP contribution in [0, 0.1) is 13.8 Å². The summed E-state index contributed by atoms with van der Waals surface area (Å²) >= 11 is 1.64. The fourth-order valence-electron chi connectivity index (χ4n) is 5.32.